The lowest BCUT2D eigenvalue weighted by molar-refractivity contribution is -0.292. The highest BCUT2D eigenvalue weighted by Gasteiger charge is 2.62. The van der Waals surface area contributed by atoms with E-state index in [1.165, 1.54) is 0 Å². The smallest absolute Gasteiger partial charge is 0.237 e. The summed E-state index contributed by atoms with van der Waals surface area (Å²) in [7, 11) is 0. The van der Waals surface area contributed by atoms with Crippen molar-refractivity contribution < 1.29 is 49.0 Å². The van der Waals surface area contributed by atoms with E-state index < -0.39 is 60.0 Å². The van der Waals surface area contributed by atoms with E-state index in [0.29, 0.717) is 6.07 Å². The van der Waals surface area contributed by atoms with Crippen molar-refractivity contribution in [2.24, 2.45) is 0 Å². The first-order valence-corrected chi connectivity index (χ1v) is 6.77. The van der Waals surface area contributed by atoms with E-state index >= 15 is 0 Å². The molecule has 0 fully saturated rings. The highest BCUT2D eigenvalue weighted by Crippen LogP contribution is 2.49. The van der Waals surface area contributed by atoms with Crippen molar-refractivity contribution in [3.63, 3.8) is 0 Å². The lowest BCUT2D eigenvalue weighted by atomic mass is 9.93. The van der Waals surface area contributed by atoms with Gasteiger partial charge in [0.1, 0.15) is 0 Å². The Labute approximate surface area is 135 Å². The molecule has 0 aliphatic rings. The normalized spacial score (nSPS) is 14.0. The Balaban J connectivity index is 3.49. The Kier molecular flexibility index (Phi) is 6.03. The zero-order valence-corrected chi connectivity index (χ0v) is 12.2. The van der Waals surface area contributed by atoms with Crippen molar-refractivity contribution in [1.29, 1.82) is 0 Å². The van der Waals surface area contributed by atoms with Crippen LogP contribution in [0.3, 0.4) is 0 Å². The second-order valence-corrected chi connectivity index (χ2v) is 5.18. The summed E-state index contributed by atoms with van der Waals surface area (Å²) in [5.41, 5.74) is -4.75. The standard InChI is InChI=1S/C14H11F10O/c15-11(16,13(19,20)21)9-5-4-8(3-1-2-6-25)10(7-9)12(17,18)14(22,23)24/h4-5,7H,1-3,6H2. The second kappa shape index (κ2) is 7.00. The lowest BCUT2D eigenvalue weighted by Crippen LogP contribution is -2.37. The van der Waals surface area contributed by atoms with Crippen LogP contribution in [0.2, 0.25) is 0 Å². The quantitative estimate of drug-likeness (QED) is 0.439. The number of hydrogen-bond acceptors (Lipinski definition) is 0. The first-order valence-electron chi connectivity index (χ1n) is 6.77. The molecule has 1 aromatic carbocycles. The van der Waals surface area contributed by atoms with Gasteiger partial charge in [0, 0.05) is 11.1 Å². The molecule has 11 heteroatoms. The van der Waals surface area contributed by atoms with Crippen molar-refractivity contribution in [2.45, 2.75) is 43.5 Å². The molecule has 0 unspecified atom stereocenters. The van der Waals surface area contributed by atoms with Gasteiger partial charge in [-0.05, 0) is 30.9 Å². The summed E-state index contributed by atoms with van der Waals surface area (Å²) in [4.78, 5) is 0. The fourth-order valence-corrected chi connectivity index (χ4v) is 2.02. The maximum atomic E-state index is 13.6. The fraction of sp³-hybridized carbons (Fsp3) is 0.571. The molecule has 1 radical (unpaired) electrons. The van der Waals surface area contributed by atoms with E-state index in [2.05, 4.69) is 0 Å². The number of hydrogen-bond donors (Lipinski definition) is 0. The molecule has 0 saturated heterocycles. The number of benzene rings is 1. The molecule has 25 heavy (non-hydrogen) atoms. The molecule has 1 nitrogen and oxygen atoms in total. The van der Waals surface area contributed by atoms with Gasteiger partial charge in [-0.2, -0.15) is 43.9 Å². The number of aryl methyl sites for hydroxylation is 1. The van der Waals surface area contributed by atoms with Crippen LogP contribution in [0.15, 0.2) is 18.2 Å². The van der Waals surface area contributed by atoms with Gasteiger partial charge in [0.15, 0.2) is 0 Å². The van der Waals surface area contributed by atoms with Crippen molar-refractivity contribution >= 4 is 0 Å². The molecule has 1 aromatic rings. The minimum Gasteiger partial charge on any atom is -0.237 e. The molecule has 0 bridgehead atoms. The Morgan fingerprint density at radius 3 is 1.68 bits per heavy atom. The molecular weight excluding hydrogens is 374 g/mol. The van der Waals surface area contributed by atoms with Gasteiger partial charge < -0.3 is 0 Å². The van der Waals surface area contributed by atoms with E-state index in [1.54, 1.807) is 0 Å². The fourth-order valence-electron chi connectivity index (χ4n) is 2.02. The maximum Gasteiger partial charge on any atom is 0.458 e. The second-order valence-electron chi connectivity index (χ2n) is 5.18. The third kappa shape index (κ3) is 4.36. The number of alkyl halides is 10. The van der Waals surface area contributed by atoms with Crippen LogP contribution in [0.4, 0.5) is 43.9 Å². The summed E-state index contributed by atoms with van der Waals surface area (Å²) in [5.74, 6) is -11.2. The molecule has 0 aliphatic heterocycles. The van der Waals surface area contributed by atoms with Crippen LogP contribution >= 0.6 is 0 Å². The van der Waals surface area contributed by atoms with Gasteiger partial charge in [0.05, 0.1) is 6.61 Å². The molecule has 0 aromatic heterocycles. The first-order chi connectivity index (χ1) is 11.2. The van der Waals surface area contributed by atoms with Crippen LogP contribution in [0.5, 0.6) is 0 Å². The topological polar surface area (TPSA) is 19.9 Å². The summed E-state index contributed by atoms with van der Waals surface area (Å²) in [6.45, 7) is -0.644. The Hall–Kier alpha value is -1.52. The summed E-state index contributed by atoms with van der Waals surface area (Å²) in [6, 6.07) is 0.0399. The van der Waals surface area contributed by atoms with Crippen LogP contribution in [-0.2, 0) is 23.4 Å². The molecule has 0 amide bonds. The molecule has 0 spiro atoms. The summed E-state index contributed by atoms with van der Waals surface area (Å²) in [5, 5.41) is 10.3. The van der Waals surface area contributed by atoms with Gasteiger partial charge in [-0.1, -0.05) is 12.1 Å². The third-order valence-corrected chi connectivity index (χ3v) is 3.36. The largest absolute Gasteiger partial charge is 0.458 e. The van der Waals surface area contributed by atoms with Gasteiger partial charge in [-0.25, -0.2) is 5.11 Å². The van der Waals surface area contributed by atoms with Gasteiger partial charge >= 0.3 is 24.2 Å². The van der Waals surface area contributed by atoms with Crippen LogP contribution in [-0.4, -0.2) is 19.0 Å². The monoisotopic (exact) mass is 385 g/mol. The molecule has 143 valence electrons. The predicted molar refractivity (Wildman–Crippen MR) is 64.8 cm³/mol. The molecule has 0 N–H and O–H groups in total. The Morgan fingerprint density at radius 1 is 0.720 bits per heavy atom. The summed E-state index contributed by atoms with van der Waals surface area (Å²) in [6.07, 6.45) is -13.1. The summed E-state index contributed by atoms with van der Waals surface area (Å²) < 4.78 is 128. The van der Waals surface area contributed by atoms with Crippen molar-refractivity contribution in [3.05, 3.63) is 34.9 Å². The van der Waals surface area contributed by atoms with Crippen molar-refractivity contribution in [3.8, 4) is 0 Å². The van der Waals surface area contributed by atoms with Gasteiger partial charge in [-0.3, -0.25) is 0 Å². The van der Waals surface area contributed by atoms with E-state index in [0.717, 1.165) is 0 Å². The van der Waals surface area contributed by atoms with Crippen LogP contribution < -0.4 is 0 Å². The highest BCUT2D eigenvalue weighted by atomic mass is 19.4. The molecular formula is C14H11F10O. The van der Waals surface area contributed by atoms with Crippen LogP contribution in [0.1, 0.15) is 29.5 Å². The molecule has 1 rings (SSSR count). The third-order valence-electron chi connectivity index (χ3n) is 3.36. The van der Waals surface area contributed by atoms with E-state index in [9.17, 15) is 49.0 Å². The SMILES string of the molecule is [O]CCCCc1ccc(C(F)(F)C(F)(F)F)cc1C(F)(F)C(F)(F)F. The maximum absolute atomic E-state index is 13.6. The van der Waals surface area contributed by atoms with E-state index in [4.69, 9.17) is 0 Å². The zero-order chi connectivity index (χ0) is 19.7. The zero-order valence-electron chi connectivity index (χ0n) is 12.2. The lowest BCUT2D eigenvalue weighted by Gasteiger charge is -2.26. The van der Waals surface area contributed by atoms with Crippen molar-refractivity contribution in [1.82, 2.24) is 0 Å². The Bertz CT molecular complexity index is 588. The summed E-state index contributed by atoms with van der Waals surface area (Å²) >= 11 is 0. The van der Waals surface area contributed by atoms with Crippen molar-refractivity contribution in [2.75, 3.05) is 6.61 Å². The van der Waals surface area contributed by atoms with E-state index in [-0.39, 0.29) is 18.9 Å². The molecule has 0 heterocycles. The number of halogens is 10. The van der Waals surface area contributed by atoms with Crippen LogP contribution in [0, 0.1) is 0 Å². The number of rotatable bonds is 6. The van der Waals surface area contributed by atoms with E-state index in [1.807, 2.05) is 0 Å². The Morgan fingerprint density at radius 2 is 1.24 bits per heavy atom. The first kappa shape index (κ1) is 21.5. The average Bonchev–Trinajstić information content (AvgIpc) is 2.45. The van der Waals surface area contributed by atoms with Gasteiger partial charge in [0.25, 0.3) is 0 Å². The molecule has 0 saturated carbocycles. The predicted octanol–water partition coefficient (Wildman–Crippen LogP) is 5.75. The van der Waals surface area contributed by atoms with Crippen LogP contribution in [0.25, 0.3) is 0 Å². The highest BCUT2D eigenvalue weighted by molar-refractivity contribution is 5.38. The minimum absolute atomic E-state index is 0.0858. The number of unbranched alkanes of at least 4 members (excludes halogenated alkanes) is 1. The van der Waals surface area contributed by atoms with Gasteiger partial charge in [-0.15, -0.1) is 0 Å². The minimum atomic E-state index is -6.19. The molecule has 0 atom stereocenters. The van der Waals surface area contributed by atoms with Gasteiger partial charge in [0.2, 0.25) is 0 Å². The average molecular weight is 385 g/mol. The molecule has 0 aliphatic carbocycles.